The molecular formula is C14H15F6NO. The number of nitrogens with zero attached hydrogens (tertiary/aromatic N) is 1. The molecule has 22 heavy (non-hydrogen) atoms. The van der Waals surface area contributed by atoms with E-state index < -0.39 is 36.1 Å². The van der Waals surface area contributed by atoms with Gasteiger partial charge in [0.15, 0.2) is 0 Å². The molecule has 0 saturated carbocycles. The summed E-state index contributed by atoms with van der Waals surface area (Å²) in [6.07, 6.45) is -13.4. The lowest BCUT2D eigenvalue weighted by atomic mass is 9.91. The average Bonchev–Trinajstić information content (AvgIpc) is 2.35. The second-order valence-electron chi connectivity index (χ2n) is 5.07. The molecule has 0 radical (unpaired) electrons. The van der Waals surface area contributed by atoms with Gasteiger partial charge >= 0.3 is 12.4 Å². The molecule has 1 aromatic rings. The van der Waals surface area contributed by atoms with Gasteiger partial charge in [-0.05, 0) is 19.4 Å². The van der Waals surface area contributed by atoms with E-state index in [-0.39, 0.29) is 5.56 Å². The number of alkyl halides is 6. The van der Waals surface area contributed by atoms with Gasteiger partial charge in [-0.1, -0.05) is 30.3 Å². The monoisotopic (exact) mass is 327 g/mol. The van der Waals surface area contributed by atoms with Crippen LogP contribution in [0.2, 0.25) is 0 Å². The quantitative estimate of drug-likeness (QED) is 0.654. The second kappa shape index (κ2) is 6.28. The Labute approximate surface area is 123 Å². The summed E-state index contributed by atoms with van der Waals surface area (Å²) in [6.45, 7) is 3.03. The third-order valence-corrected chi connectivity index (χ3v) is 2.88. The summed E-state index contributed by atoms with van der Waals surface area (Å²) in [5, 5.41) is 9.30. The number of hydrogen-bond acceptors (Lipinski definition) is 2. The molecule has 0 aliphatic rings. The number of aliphatic hydroxyl groups is 1. The van der Waals surface area contributed by atoms with Crippen molar-refractivity contribution in [3.63, 3.8) is 0 Å². The van der Waals surface area contributed by atoms with E-state index in [1.165, 1.54) is 38.1 Å². The van der Waals surface area contributed by atoms with E-state index in [4.69, 9.17) is 0 Å². The van der Waals surface area contributed by atoms with Crippen molar-refractivity contribution in [2.24, 2.45) is 4.99 Å². The maximum absolute atomic E-state index is 12.8. The Hall–Kier alpha value is -1.57. The summed E-state index contributed by atoms with van der Waals surface area (Å²) < 4.78 is 76.7. The highest BCUT2D eigenvalue weighted by Crippen LogP contribution is 2.45. The first-order chi connectivity index (χ1) is 9.88. The second-order valence-corrected chi connectivity index (χ2v) is 5.07. The Morgan fingerprint density at radius 1 is 1.00 bits per heavy atom. The molecule has 0 fully saturated rings. The molecule has 0 spiro atoms. The predicted molar refractivity (Wildman–Crippen MR) is 69.8 cm³/mol. The maximum atomic E-state index is 12.8. The molecule has 0 amide bonds. The molecule has 0 aliphatic carbocycles. The van der Waals surface area contributed by atoms with E-state index in [0.29, 0.717) is 0 Å². The first kappa shape index (κ1) is 18.5. The Morgan fingerprint density at radius 3 is 1.82 bits per heavy atom. The smallest absolute Gasteiger partial charge is 0.373 e. The van der Waals surface area contributed by atoms with Crippen molar-refractivity contribution in [3.05, 3.63) is 35.9 Å². The van der Waals surface area contributed by atoms with Crippen molar-refractivity contribution in [2.45, 2.75) is 44.3 Å². The van der Waals surface area contributed by atoms with Gasteiger partial charge in [0.25, 0.3) is 5.60 Å². The van der Waals surface area contributed by atoms with Crippen LogP contribution >= 0.6 is 0 Å². The van der Waals surface area contributed by atoms with E-state index in [2.05, 4.69) is 4.99 Å². The maximum Gasteiger partial charge on any atom is 0.426 e. The van der Waals surface area contributed by atoms with Crippen LogP contribution in [0.4, 0.5) is 26.3 Å². The van der Waals surface area contributed by atoms with E-state index in [9.17, 15) is 31.4 Å². The third-order valence-electron chi connectivity index (χ3n) is 2.88. The van der Waals surface area contributed by atoms with Crippen LogP contribution in [-0.4, -0.2) is 34.8 Å². The van der Waals surface area contributed by atoms with Crippen LogP contribution in [-0.2, 0) is 0 Å². The van der Waals surface area contributed by atoms with E-state index in [1.54, 1.807) is 6.07 Å². The molecule has 0 unspecified atom stereocenters. The Balaban J connectivity index is 3.34. The van der Waals surface area contributed by atoms with Crippen LogP contribution in [0.5, 0.6) is 0 Å². The Kier molecular flexibility index (Phi) is 5.27. The number of rotatable bonds is 4. The fourth-order valence-electron chi connectivity index (χ4n) is 1.77. The van der Waals surface area contributed by atoms with Crippen LogP contribution in [0, 0.1) is 0 Å². The van der Waals surface area contributed by atoms with Gasteiger partial charge < -0.3 is 5.11 Å². The van der Waals surface area contributed by atoms with Gasteiger partial charge in [0, 0.05) is 18.2 Å². The molecule has 0 heterocycles. The van der Waals surface area contributed by atoms with E-state index >= 15 is 0 Å². The molecule has 0 aliphatic heterocycles. The molecule has 124 valence electrons. The van der Waals surface area contributed by atoms with Crippen molar-refractivity contribution in [1.82, 2.24) is 0 Å². The fraction of sp³-hybridized carbons (Fsp3) is 0.500. The summed E-state index contributed by atoms with van der Waals surface area (Å²) in [5.74, 6) is 0. The van der Waals surface area contributed by atoms with Crippen LogP contribution < -0.4 is 0 Å². The van der Waals surface area contributed by atoms with Crippen LogP contribution in [0.25, 0.3) is 0 Å². The molecule has 1 aromatic carbocycles. The minimum atomic E-state index is -5.86. The van der Waals surface area contributed by atoms with Crippen LogP contribution in [0.1, 0.15) is 25.8 Å². The third kappa shape index (κ3) is 4.00. The summed E-state index contributed by atoms with van der Waals surface area (Å²) >= 11 is 0. The minimum Gasteiger partial charge on any atom is -0.373 e. The summed E-state index contributed by atoms with van der Waals surface area (Å²) in [7, 11) is 0. The van der Waals surface area contributed by atoms with Crippen LogP contribution in [0.15, 0.2) is 35.3 Å². The zero-order chi connectivity index (χ0) is 17.2. The lowest BCUT2D eigenvalue weighted by Gasteiger charge is -2.32. The first-order valence-corrected chi connectivity index (χ1v) is 6.36. The van der Waals surface area contributed by atoms with Gasteiger partial charge in [0.05, 0.1) is 0 Å². The topological polar surface area (TPSA) is 32.6 Å². The van der Waals surface area contributed by atoms with Gasteiger partial charge in [-0.3, -0.25) is 4.99 Å². The van der Waals surface area contributed by atoms with E-state index in [0.717, 1.165) is 0 Å². The van der Waals surface area contributed by atoms with Gasteiger partial charge in [0.2, 0.25) is 0 Å². The Bertz CT molecular complexity index is 504. The largest absolute Gasteiger partial charge is 0.426 e. The average molecular weight is 327 g/mol. The molecule has 0 saturated heterocycles. The summed E-state index contributed by atoms with van der Waals surface area (Å²) in [6, 6.07) is 6.65. The van der Waals surface area contributed by atoms with Gasteiger partial charge in [-0.25, -0.2) is 0 Å². The van der Waals surface area contributed by atoms with Crippen molar-refractivity contribution >= 4 is 5.71 Å². The molecule has 0 aromatic heterocycles. The SMILES string of the molecule is CC(C)N=C(CC(O)(C(F)(F)F)C(F)(F)F)c1ccccc1. The van der Waals surface area contributed by atoms with Crippen molar-refractivity contribution in [1.29, 1.82) is 0 Å². The number of hydrogen-bond donors (Lipinski definition) is 1. The summed E-state index contributed by atoms with van der Waals surface area (Å²) in [5.41, 5.74) is -5.19. The van der Waals surface area contributed by atoms with Crippen LogP contribution in [0.3, 0.4) is 0 Å². The minimum absolute atomic E-state index is 0.100. The van der Waals surface area contributed by atoms with E-state index in [1.807, 2.05) is 0 Å². The fourth-order valence-corrected chi connectivity index (χ4v) is 1.77. The number of benzene rings is 1. The molecule has 1 rings (SSSR count). The van der Waals surface area contributed by atoms with Gasteiger partial charge in [0.1, 0.15) is 0 Å². The molecule has 1 N–H and O–H groups in total. The molecule has 0 bridgehead atoms. The first-order valence-electron chi connectivity index (χ1n) is 6.36. The number of halogens is 6. The van der Waals surface area contributed by atoms with Crippen molar-refractivity contribution in [2.75, 3.05) is 0 Å². The lowest BCUT2D eigenvalue weighted by Crippen LogP contribution is -2.58. The zero-order valence-electron chi connectivity index (χ0n) is 11.8. The van der Waals surface area contributed by atoms with Crippen molar-refractivity contribution in [3.8, 4) is 0 Å². The van der Waals surface area contributed by atoms with Gasteiger partial charge in [-0.15, -0.1) is 0 Å². The molecule has 8 heteroatoms. The molecular weight excluding hydrogens is 312 g/mol. The standard InChI is InChI=1S/C14H15F6NO/c1-9(2)21-11(10-6-4-3-5-7-10)8-12(22,13(15,16)17)14(18,19)20/h3-7,9,22H,8H2,1-2H3. The Morgan fingerprint density at radius 2 is 1.45 bits per heavy atom. The highest BCUT2D eigenvalue weighted by molar-refractivity contribution is 6.01. The lowest BCUT2D eigenvalue weighted by molar-refractivity contribution is -0.365. The summed E-state index contributed by atoms with van der Waals surface area (Å²) in [4.78, 5) is 3.82. The predicted octanol–water partition coefficient (Wildman–Crippen LogP) is 4.13. The molecule has 2 nitrogen and oxygen atoms in total. The normalized spacial score (nSPS) is 14.5. The zero-order valence-corrected chi connectivity index (χ0v) is 11.8. The van der Waals surface area contributed by atoms with Crippen molar-refractivity contribution < 1.29 is 31.4 Å². The molecule has 0 atom stereocenters. The highest BCUT2D eigenvalue weighted by atomic mass is 19.4. The number of aliphatic imine (C=N–C) groups is 1. The van der Waals surface area contributed by atoms with Gasteiger partial charge in [-0.2, -0.15) is 26.3 Å². The highest BCUT2D eigenvalue weighted by Gasteiger charge is 2.70.